The molecule has 6 heteroatoms. The standard InChI is InChI=1S/C14H12FN5/c1-10-7-17-20(9-10)14-4-2-3-13(19-14)18-12-6-5-11(15)8-16-12/h2-9H,1H3,(H,16,18,19). The predicted octanol–water partition coefficient (Wildman–Crippen LogP) is 2.85. The van der Waals surface area contributed by atoms with Gasteiger partial charge in [-0.1, -0.05) is 6.07 Å². The van der Waals surface area contributed by atoms with Crippen molar-refractivity contribution in [1.29, 1.82) is 0 Å². The van der Waals surface area contributed by atoms with Gasteiger partial charge in [-0.05, 0) is 36.8 Å². The first-order valence-electron chi connectivity index (χ1n) is 6.08. The highest BCUT2D eigenvalue weighted by atomic mass is 19.1. The van der Waals surface area contributed by atoms with Crippen molar-refractivity contribution < 1.29 is 4.39 Å². The maximum atomic E-state index is 12.8. The number of anilines is 2. The second kappa shape index (κ2) is 5.08. The lowest BCUT2D eigenvalue weighted by molar-refractivity contribution is 0.622. The number of hydrogen-bond donors (Lipinski definition) is 1. The molecule has 5 nitrogen and oxygen atoms in total. The van der Waals surface area contributed by atoms with Gasteiger partial charge in [-0.15, -0.1) is 0 Å². The number of nitrogens with zero attached hydrogens (tertiary/aromatic N) is 4. The predicted molar refractivity (Wildman–Crippen MR) is 73.6 cm³/mol. The van der Waals surface area contributed by atoms with Crippen LogP contribution in [0, 0.1) is 12.7 Å². The van der Waals surface area contributed by atoms with Crippen molar-refractivity contribution in [2.24, 2.45) is 0 Å². The third-order valence-corrected chi connectivity index (χ3v) is 2.66. The maximum absolute atomic E-state index is 12.8. The lowest BCUT2D eigenvalue weighted by Gasteiger charge is -2.06. The Morgan fingerprint density at radius 1 is 1.10 bits per heavy atom. The summed E-state index contributed by atoms with van der Waals surface area (Å²) in [6, 6.07) is 8.43. The normalized spacial score (nSPS) is 10.5. The topological polar surface area (TPSA) is 55.6 Å². The SMILES string of the molecule is Cc1cnn(-c2cccc(Nc3ccc(F)cn3)n2)c1. The third-order valence-electron chi connectivity index (χ3n) is 2.66. The summed E-state index contributed by atoms with van der Waals surface area (Å²) in [5, 5.41) is 7.23. The van der Waals surface area contributed by atoms with Crippen molar-refractivity contribution >= 4 is 11.6 Å². The molecule has 0 bridgehead atoms. The van der Waals surface area contributed by atoms with E-state index in [9.17, 15) is 4.39 Å². The minimum atomic E-state index is -0.371. The van der Waals surface area contributed by atoms with E-state index in [-0.39, 0.29) is 5.82 Å². The first kappa shape index (κ1) is 12.3. The fraction of sp³-hybridized carbons (Fsp3) is 0.0714. The highest BCUT2D eigenvalue weighted by Crippen LogP contribution is 2.14. The van der Waals surface area contributed by atoms with Crippen molar-refractivity contribution in [2.45, 2.75) is 6.92 Å². The van der Waals surface area contributed by atoms with Crippen LogP contribution >= 0.6 is 0 Å². The summed E-state index contributed by atoms with van der Waals surface area (Å²) in [6.07, 6.45) is 4.81. The average molecular weight is 269 g/mol. The summed E-state index contributed by atoms with van der Waals surface area (Å²) < 4.78 is 14.5. The van der Waals surface area contributed by atoms with Crippen LogP contribution in [0.5, 0.6) is 0 Å². The first-order chi connectivity index (χ1) is 9.70. The second-order valence-electron chi connectivity index (χ2n) is 4.33. The number of hydrogen-bond acceptors (Lipinski definition) is 4. The van der Waals surface area contributed by atoms with Gasteiger partial charge in [0.2, 0.25) is 0 Å². The largest absolute Gasteiger partial charge is 0.325 e. The molecule has 0 fully saturated rings. The van der Waals surface area contributed by atoms with Gasteiger partial charge in [-0.25, -0.2) is 19.0 Å². The number of aromatic nitrogens is 4. The van der Waals surface area contributed by atoms with E-state index in [2.05, 4.69) is 20.4 Å². The number of aryl methyl sites for hydroxylation is 1. The molecule has 0 saturated heterocycles. The van der Waals surface area contributed by atoms with Gasteiger partial charge < -0.3 is 5.32 Å². The molecule has 0 radical (unpaired) electrons. The van der Waals surface area contributed by atoms with Crippen molar-refractivity contribution in [2.75, 3.05) is 5.32 Å². The van der Waals surface area contributed by atoms with Crippen LogP contribution in [-0.4, -0.2) is 19.7 Å². The second-order valence-corrected chi connectivity index (χ2v) is 4.33. The number of halogens is 1. The Bertz CT molecular complexity index is 720. The van der Waals surface area contributed by atoms with Crippen LogP contribution in [0.25, 0.3) is 5.82 Å². The lowest BCUT2D eigenvalue weighted by Crippen LogP contribution is -2.01. The molecule has 0 aliphatic rings. The highest BCUT2D eigenvalue weighted by molar-refractivity contribution is 5.52. The zero-order valence-electron chi connectivity index (χ0n) is 10.8. The molecule has 0 atom stereocenters. The van der Waals surface area contributed by atoms with Gasteiger partial charge in [0.25, 0.3) is 0 Å². The molecule has 1 N–H and O–H groups in total. The molecule has 100 valence electrons. The van der Waals surface area contributed by atoms with Gasteiger partial charge in [0.15, 0.2) is 5.82 Å². The summed E-state index contributed by atoms with van der Waals surface area (Å²) >= 11 is 0. The molecule has 20 heavy (non-hydrogen) atoms. The lowest BCUT2D eigenvalue weighted by atomic mass is 10.4. The van der Waals surface area contributed by atoms with E-state index in [0.29, 0.717) is 17.5 Å². The van der Waals surface area contributed by atoms with E-state index in [1.54, 1.807) is 16.9 Å². The van der Waals surface area contributed by atoms with Gasteiger partial charge in [0.1, 0.15) is 17.5 Å². The maximum Gasteiger partial charge on any atom is 0.155 e. The summed E-state index contributed by atoms with van der Waals surface area (Å²) in [5.74, 6) is 1.48. The Morgan fingerprint density at radius 2 is 2.00 bits per heavy atom. The molecule has 0 saturated carbocycles. The van der Waals surface area contributed by atoms with Crippen molar-refractivity contribution in [3.8, 4) is 5.82 Å². The van der Waals surface area contributed by atoms with E-state index in [0.717, 1.165) is 11.8 Å². The number of rotatable bonds is 3. The van der Waals surface area contributed by atoms with E-state index in [1.807, 2.05) is 31.3 Å². The molecule has 0 amide bonds. The van der Waals surface area contributed by atoms with Crippen molar-refractivity contribution in [1.82, 2.24) is 19.7 Å². The van der Waals surface area contributed by atoms with Gasteiger partial charge in [0, 0.05) is 6.20 Å². The fourth-order valence-electron chi connectivity index (χ4n) is 1.74. The Morgan fingerprint density at radius 3 is 2.70 bits per heavy atom. The first-order valence-corrected chi connectivity index (χ1v) is 6.08. The van der Waals surface area contributed by atoms with Crippen LogP contribution in [-0.2, 0) is 0 Å². The van der Waals surface area contributed by atoms with Crippen LogP contribution < -0.4 is 5.32 Å². The van der Waals surface area contributed by atoms with Crippen molar-refractivity contribution in [3.63, 3.8) is 0 Å². The van der Waals surface area contributed by atoms with E-state index < -0.39 is 0 Å². The molecule has 3 heterocycles. The number of pyridine rings is 2. The minimum Gasteiger partial charge on any atom is -0.325 e. The molecule has 0 spiro atoms. The summed E-state index contributed by atoms with van der Waals surface area (Å²) in [4.78, 5) is 8.36. The highest BCUT2D eigenvalue weighted by Gasteiger charge is 2.02. The Balaban J connectivity index is 1.86. The molecule has 3 rings (SSSR count). The summed E-state index contributed by atoms with van der Waals surface area (Å²) in [5.41, 5.74) is 1.06. The van der Waals surface area contributed by atoms with Crippen LogP contribution in [0.1, 0.15) is 5.56 Å². The molecule has 0 aliphatic heterocycles. The van der Waals surface area contributed by atoms with Gasteiger partial charge in [-0.2, -0.15) is 5.10 Å². The summed E-state index contributed by atoms with van der Waals surface area (Å²) in [7, 11) is 0. The Kier molecular flexibility index (Phi) is 3.12. The van der Waals surface area contributed by atoms with Crippen LogP contribution in [0.3, 0.4) is 0 Å². The third kappa shape index (κ3) is 2.64. The van der Waals surface area contributed by atoms with Crippen LogP contribution in [0.15, 0.2) is 48.9 Å². The molecule has 0 aliphatic carbocycles. The average Bonchev–Trinajstić information content (AvgIpc) is 2.89. The molecular weight excluding hydrogens is 257 g/mol. The monoisotopic (exact) mass is 269 g/mol. The van der Waals surface area contributed by atoms with Crippen LogP contribution in [0.2, 0.25) is 0 Å². The zero-order chi connectivity index (χ0) is 13.9. The minimum absolute atomic E-state index is 0.371. The molecule has 3 aromatic rings. The summed E-state index contributed by atoms with van der Waals surface area (Å²) in [6.45, 7) is 1.97. The zero-order valence-corrected chi connectivity index (χ0v) is 10.8. The quantitative estimate of drug-likeness (QED) is 0.794. The van der Waals surface area contributed by atoms with E-state index in [4.69, 9.17) is 0 Å². The van der Waals surface area contributed by atoms with Gasteiger partial charge in [0.05, 0.1) is 12.4 Å². The molecule has 3 aromatic heterocycles. The number of nitrogens with one attached hydrogen (secondary N) is 1. The van der Waals surface area contributed by atoms with Gasteiger partial charge >= 0.3 is 0 Å². The molecule has 0 unspecified atom stereocenters. The Labute approximate surface area is 115 Å². The molecule has 0 aromatic carbocycles. The van der Waals surface area contributed by atoms with Crippen molar-refractivity contribution in [3.05, 3.63) is 60.3 Å². The van der Waals surface area contributed by atoms with Crippen LogP contribution in [0.4, 0.5) is 16.0 Å². The Hall–Kier alpha value is -2.76. The molecular formula is C14H12FN5. The smallest absolute Gasteiger partial charge is 0.155 e. The van der Waals surface area contributed by atoms with E-state index >= 15 is 0 Å². The van der Waals surface area contributed by atoms with Gasteiger partial charge in [-0.3, -0.25) is 0 Å². The van der Waals surface area contributed by atoms with E-state index in [1.165, 1.54) is 6.07 Å². The fourth-order valence-corrected chi connectivity index (χ4v) is 1.74.